The van der Waals surface area contributed by atoms with Crippen LogP contribution in [0.4, 0.5) is 8.78 Å². The number of thioether (sulfide) groups is 1. The molecule has 1 saturated heterocycles. The first kappa shape index (κ1) is 21.0. The lowest BCUT2D eigenvalue weighted by molar-refractivity contribution is 0.213. The van der Waals surface area contributed by atoms with Gasteiger partial charge in [-0.2, -0.15) is 0 Å². The Morgan fingerprint density at radius 1 is 0.967 bits per heavy atom. The minimum absolute atomic E-state index is 0.216. The van der Waals surface area contributed by atoms with E-state index in [1.807, 2.05) is 25.1 Å². The molecule has 2 heterocycles. The summed E-state index contributed by atoms with van der Waals surface area (Å²) in [5, 5.41) is 9.47. The highest BCUT2D eigenvalue weighted by molar-refractivity contribution is 7.99. The predicted octanol–water partition coefficient (Wildman–Crippen LogP) is 5.44. The summed E-state index contributed by atoms with van der Waals surface area (Å²) in [6.45, 7) is 5.50. The van der Waals surface area contributed by atoms with Crippen molar-refractivity contribution in [2.75, 3.05) is 13.1 Å². The van der Waals surface area contributed by atoms with Gasteiger partial charge in [-0.25, -0.2) is 8.78 Å². The van der Waals surface area contributed by atoms with E-state index < -0.39 is 11.6 Å². The van der Waals surface area contributed by atoms with E-state index in [9.17, 15) is 8.78 Å². The van der Waals surface area contributed by atoms with E-state index in [1.165, 1.54) is 48.7 Å². The Kier molecular flexibility index (Phi) is 6.79. The maximum atomic E-state index is 14.3. The maximum Gasteiger partial charge on any atom is 0.192 e. The highest BCUT2D eigenvalue weighted by atomic mass is 32.2. The molecule has 30 heavy (non-hydrogen) atoms. The van der Waals surface area contributed by atoms with Gasteiger partial charge in [0, 0.05) is 16.9 Å². The third kappa shape index (κ3) is 5.08. The molecule has 0 amide bonds. The van der Waals surface area contributed by atoms with Gasteiger partial charge in [-0.1, -0.05) is 54.6 Å². The van der Waals surface area contributed by atoms with Crippen molar-refractivity contribution in [3.8, 4) is 0 Å². The summed E-state index contributed by atoms with van der Waals surface area (Å²) >= 11 is 1.45. The van der Waals surface area contributed by atoms with Gasteiger partial charge in [0.15, 0.2) is 5.16 Å². The molecule has 0 unspecified atom stereocenters. The summed E-state index contributed by atoms with van der Waals surface area (Å²) in [4.78, 5) is 2.42. The molecule has 158 valence electrons. The zero-order valence-electron chi connectivity index (χ0n) is 17.1. The van der Waals surface area contributed by atoms with Crippen LogP contribution < -0.4 is 0 Å². The van der Waals surface area contributed by atoms with Crippen molar-refractivity contribution in [1.82, 2.24) is 19.7 Å². The number of halogens is 2. The molecule has 4 rings (SSSR count). The van der Waals surface area contributed by atoms with Crippen molar-refractivity contribution >= 4 is 11.8 Å². The molecule has 0 spiro atoms. The molecular formula is C23H26F2N4S. The first-order valence-corrected chi connectivity index (χ1v) is 11.3. The SMILES string of the molecule is C[C@@H](Sc1nnc(CN2CCCCC2)n1Cc1ccccc1)c1ccc(F)cc1F. The summed E-state index contributed by atoms with van der Waals surface area (Å²) in [5.41, 5.74) is 1.63. The number of benzene rings is 2. The first-order valence-electron chi connectivity index (χ1n) is 10.4. The lowest BCUT2D eigenvalue weighted by atomic mass is 10.1. The molecule has 0 aliphatic carbocycles. The number of likely N-dealkylation sites (tertiary alicyclic amines) is 1. The van der Waals surface area contributed by atoms with Crippen LogP contribution in [0.3, 0.4) is 0 Å². The fraction of sp³-hybridized carbons (Fsp3) is 0.391. The number of hydrogen-bond acceptors (Lipinski definition) is 4. The van der Waals surface area contributed by atoms with Crippen LogP contribution in [0.25, 0.3) is 0 Å². The second-order valence-electron chi connectivity index (χ2n) is 7.73. The predicted molar refractivity (Wildman–Crippen MR) is 115 cm³/mol. The molecule has 0 radical (unpaired) electrons. The molecule has 1 fully saturated rings. The molecule has 0 bridgehead atoms. The van der Waals surface area contributed by atoms with Crippen LogP contribution in [0, 0.1) is 11.6 Å². The quantitative estimate of drug-likeness (QED) is 0.469. The van der Waals surface area contributed by atoms with Crippen LogP contribution in [-0.2, 0) is 13.1 Å². The smallest absolute Gasteiger partial charge is 0.192 e. The molecular weight excluding hydrogens is 402 g/mol. The summed E-state index contributed by atoms with van der Waals surface area (Å²) in [6, 6.07) is 14.0. The van der Waals surface area contributed by atoms with E-state index in [2.05, 4.69) is 31.8 Å². The van der Waals surface area contributed by atoms with Gasteiger partial charge in [0.25, 0.3) is 0 Å². The van der Waals surface area contributed by atoms with Gasteiger partial charge in [0.1, 0.15) is 17.5 Å². The van der Waals surface area contributed by atoms with Crippen LogP contribution in [0.1, 0.15) is 48.4 Å². The van der Waals surface area contributed by atoms with Gasteiger partial charge in [0.2, 0.25) is 0 Å². The first-order chi connectivity index (χ1) is 14.6. The Hall–Kier alpha value is -2.25. The number of nitrogens with zero attached hydrogens (tertiary/aromatic N) is 4. The average Bonchev–Trinajstić information content (AvgIpc) is 3.10. The Labute approximate surface area is 180 Å². The van der Waals surface area contributed by atoms with E-state index in [-0.39, 0.29) is 5.25 Å². The molecule has 0 N–H and O–H groups in total. The standard InChI is InChI=1S/C23H26F2N4S/c1-17(20-11-10-19(24)14-21(20)25)30-23-27-26-22(16-28-12-6-3-7-13-28)29(23)15-18-8-4-2-5-9-18/h2,4-5,8-11,14,17H,3,6-7,12-13,15-16H2,1H3/t17-/m1/s1. The second-order valence-corrected chi connectivity index (χ2v) is 9.04. The monoisotopic (exact) mass is 428 g/mol. The topological polar surface area (TPSA) is 34.0 Å². The van der Waals surface area contributed by atoms with Crippen LogP contribution in [0.2, 0.25) is 0 Å². The van der Waals surface area contributed by atoms with Crippen molar-refractivity contribution < 1.29 is 8.78 Å². The Balaban J connectivity index is 1.59. The fourth-order valence-electron chi connectivity index (χ4n) is 3.82. The van der Waals surface area contributed by atoms with Gasteiger partial charge in [-0.05, 0) is 44.5 Å². The highest BCUT2D eigenvalue weighted by Gasteiger charge is 2.21. The summed E-state index contributed by atoms with van der Waals surface area (Å²) in [7, 11) is 0. The zero-order valence-corrected chi connectivity index (χ0v) is 17.9. The lowest BCUT2D eigenvalue weighted by Gasteiger charge is -2.26. The molecule has 3 aromatic rings. The Bertz CT molecular complexity index is 971. The molecule has 4 nitrogen and oxygen atoms in total. The van der Waals surface area contributed by atoms with Crippen molar-refractivity contribution in [3.63, 3.8) is 0 Å². The van der Waals surface area contributed by atoms with Gasteiger partial charge < -0.3 is 4.57 Å². The third-order valence-electron chi connectivity index (χ3n) is 5.47. The van der Waals surface area contributed by atoms with Crippen LogP contribution in [0.5, 0.6) is 0 Å². The van der Waals surface area contributed by atoms with Crippen LogP contribution in [-0.4, -0.2) is 32.8 Å². The Morgan fingerprint density at radius 2 is 1.73 bits per heavy atom. The zero-order chi connectivity index (χ0) is 20.9. The largest absolute Gasteiger partial charge is 0.300 e. The Morgan fingerprint density at radius 3 is 2.47 bits per heavy atom. The fourth-order valence-corrected chi connectivity index (χ4v) is 4.84. The van der Waals surface area contributed by atoms with E-state index in [1.54, 1.807) is 0 Å². The maximum absolute atomic E-state index is 14.3. The van der Waals surface area contributed by atoms with Crippen molar-refractivity contribution in [1.29, 1.82) is 0 Å². The van der Waals surface area contributed by atoms with Crippen molar-refractivity contribution in [2.45, 2.75) is 49.7 Å². The normalized spacial score (nSPS) is 16.0. The van der Waals surface area contributed by atoms with Crippen LogP contribution >= 0.6 is 11.8 Å². The summed E-state index contributed by atoms with van der Waals surface area (Å²) in [6.07, 6.45) is 3.72. The number of piperidine rings is 1. The van der Waals surface area contributed by atoms with Gasteiger partial charge >= 0.3 is 0 Å². The second kappa shape index (κ2) is 9.71. The number of aromatic nitrogens is 3. The molecule has 7 heteroatoms. The highest BCUT2D eigenvalue weighted by Crippen LogP contribution is 2.36. The lowest BCUT2D eigenvalue weighted by Crippen LogP contribution is -2.30. The molecule has 1 atom stereocenters. The van der Waals surface area contributed by atoms with Gasteiger partial charge in [0.05, 0.1) is 13.1 Å². The minimum Gasteiger partial charge on any atom is -0.300 e. The molecule has 0 saturated carbocycles. The molecule has 1 aliphatic heterocycles. The minimum atomic E-state index is -0.565. The average molecular weight is 429 g/mol. The van der Waals surface area contributed by atoms with E-state index >= 15 is 0 Å². The number of rotatable bonds is 7. The molecule has 1 aliphatic rings. The summed E-state index contributed by atoms with van der Waals surface area (Å²) < 4.78 is 29.7. The van der Waals surface area contributed by atoms with Crippen molar-refractivity contribution in [3.05, 3.63) is 77.1 Å². The van der Waals surface area contributed by atoms with Gasteiger partial charge in [-0.3, -0.25) is 4.90 Å². The van der Waals surface area contributed by atoms with Gasteiger partial charge in [-0.15, -0.1) is 10.2 Å². The number of hydrogen-bond donors (Lipinski definition) is 0. The third-order valence-corrected chi connectivity index (χ3v) is 6.59. The van der Waals surface area contributed by atoms with Crippen molar-refractivity contribution in [2.24, 2.45) is 0 Å². The van der Waals surface area contributed by atoms with E-state index in [0.717, 1.165) is 36.7 Å². The molecule has 2 aromatic carbocycles. The van der Waals surface area contributed by atoms with Crippen LogP contribution in [0.15, 0.2) is 53.7 Å². The summed E-state index contributed by atoms with van der Waals surface area (Å²) in [5.74, 6) is -0.169. The van der Waals surface area contributed by atoms with E-state index in [0.29, 0.717) is 12.1 Å². The van der Waals surface area contributed by atoms with E-state index in [4.69, 9.17) is 0 Å². The molecule has 1 aromatic heterocycles.